The Labute approximate surface area is 142 Å². The van der Waals surface area contributed by atoms with E-state index in [9.17, 15) is 4.79 Å². The first-order valence-electron chi connectivity index (χ1n) is 7.69. The maximum Gasteiger partial charge on any atom is 0.234 e. The highest BCUT2D eigenvalue weighted by Crippen LogP contribution is 2.19. The Hall–Kier alpha value is -1.85. The fourth-order valence-corrected chi connectivity index (χ4v) is 2.56. The van der Waals surface area contributed by atoms with Crippen LogP contribution in [0, 0.1) is 13.8 Å². The lowest BCUT2D eigenvalue weighted by Crippen LogP contribution is -2.37. The minimum Gasteiger partial charge on any atom is -0.353 e. The van der Waals surface area contributed by atoms with Crippen LogP contribution in [0.5, 0.6) is 0 Å². The van der Waals surface area contributed by atoms with E-state index in [1.807, 2.05) is 56.6 Å². The van der Waals surface area contributed by atoms with Crippen molar-refractivity contribution in [1.29, 1.82) is 0 Å². The second kappa shape index (κ2) is 7.62. The number of aryl methyl sites for hydroxylation is 1. The third-order valence-electron chi connectivity index (χ3n) is 3.55. The molecule has 0 saturated heterocycles. The molecule has 0 radical (unpaired) electrons. The van der Waals surface area contributed by atoms with Crippen molar-refractivity contribution < 1.29 is 4.79 Å². The highest BCUT2D eigenvalue weighted by atomic mass is 35.5. The van der Waals surface area contributed by atoms with Gasteiger partial charge < -0.3 is 10.6 Å². The average molecular weight is 335 g/mol. The minimum absolute atomic E-state index is 0.000370. The molecule has 0 unspecified atom stereocenters. The predicted molar refractivity (Wildman–Crippen MR) is 93.0 cm³/mol. The molecule has 6 heteroatoms. The Morgan fingerprint density at radius 2 is 1.91 bits per heavy atom. The molecule has 0 aliphatic rings. The normalized spacial score (nSPS) is 11.0. The number of amides is 1. The fraction of sp³-hybridized carbons (Fsp3) is 0.412. The van der Waals surface area contributed by atoms with Crippen LogP contribution in [-0.4, -0.2) is 28.3 Å². The summed E-state index contributed by atoms with van der Waals surface area (Å²) in [6.45, 7) is 8.80. The van der Waals surface area contributed by atoms with Crippen LogP contribution in [0.3, 0.4) is 0 Å². The highest BCUT2D eigenvalue weighted by Gasteiger charge is 2.13. The number of rotatable bonds is 6. The lowest BCUT2D eigenvalue weighted by molar-refractivity contribution is -0.120. The largest absolute Gasteiger partial charge is 0.353 e. The first-order valence-corrected chi connectivity index (χ1v) is 8.07. The number of halogens is 1. The smallest absolute Gasteiger partial charge is 0.234 e. The van der Waals surface area contributed by atoms with Gasteiger partial charge in [0.1, 0.15) is 0 Å². The standard InChI is InChI=1S/C17H23ClN4O/c1-11(2)20-17(23)10-19-9-16-12(3)21-22(13(16)4)15-7-5-14(18)6-8-15/h5-8,11,19H,9-10H2,1-4H3,(H,20,23). The Morgan fingerprint density at radius 3 is 2.52 bits per heavy atom. The van der Waals surface area contributed by atoms with Gasteiger partial charge in [-0.15, -0.1) is 0 Å². The third kappa shape index (κ3) is 4.56. The maximum absolute atomic E-state index is 11.7. The van der Waals surface area contributed by atoms with Crippen molar-refractivity contribution >= 4 is 17.5 Å². The van der Waals surface area contributed by atoms with Crippen molar-refractivity contribution in [2.75, 3.05) is 6.54 Å². The molecule has 1 aromatic carbocycles. The summed E-state index contributed by atoms with van der Waals surface area (Å²) in [5, 5.41) is 11.3. The lowest BCUT2D eigenvalue weighted by atomic mass is 10.2. The molecule has 1 amide bonds. The maximum atomic E-state index is 11.7. The first-order chi connectivity index (χ1) is 10.9. The first kappa shape index (κ1) is 17.5. The van der Waals surface area contributed by atoms with Gasteiger partial charge >= 0.3 is 0 Å². The summed E-state index contributed by atoms with van der Waals surface area (Å²) < 4.78 is 1.90. The molecule has 5 nitrogen and oxygen atoms in total. The van der Waals surface area contributed by atoms with Crippen molar-refractivity contribution in [2.24, 2.45) is 0 Å². The molecule has 1 aromatic heterocycles. The zero-order valence-corrected chi connectivity index (χ0v) is 14.7. The van der Waals surface area contributed by atoms with Gasteiger partial charge in [-0.1, -0.05) is 11.6 Å². The van der Waals surface area contributed by atoms with Gasteiger partial charge in [-0.25, -0.2) is 4.68 Å². The Kier molecular flexibility index (Phi) is 5.80. The van der Waals surface area contributed by atoms with Crippen LogP contribution in [0.2, 0.25) is 5.02 Å². The van der Waals surface area contributed by atoms with E-state index < -0.39 is 0 Å². The van der Waals surface area contributed by atoms with Crippen LogP contribution >= 0.6 is 11.6 Å². The molecular weight excluding hydrogens is 312 g/mol. The molecule has 0 spiro atoms. The molecule has 23 heavy (non-hydrogen) atoms. The number of hydrogen-bond acceptors (Lipinski definition) is 3. The summed E-state index contributed by atoms with van der Waals surface area (Å²) in [7, 11) is 0. The van der Waals surface area contributed by atoms with Crippen molar-refractivity contribution in [3.05, 3.63) is 46.2 Å². The molecule has 1 heterocycles. The van der Waals surface area contributed by atoms with Gasteiger partial charge in [-0.2, -0.15) is 5.10 Å². The van der Waals surface area contributed by atoms with Crippen molar-refractivity contribution in [2.45, 2.75) is 40.3 Å². The Morgan fingerprint density at radius 1 is 1.26 bits per heavy atom. The summed E-state index contributed by atoms with van der Waals surface area (Å²) in [6, 6.07) is 7.73. The monoisotopic (exact) mass is 334 g/mol. The molecule has 0 atom stereocenters. The van der Waals surface area contributed by atoms with E-state index in [-0.39, 0.29) is 11.9 Å². The van der Waals surface area contributed by atoms with Crippen LogP contribution < -0.4 is 10.6 Å². The van der Waals surface area contributed by atoms with E-state index in [1.165, 1.54) is 0 Å². The van der Waals surface area contributed by atoms with Crippen LogP contribution in [-0.2, 0) is 11.3 Å². The van der Waals surface area contributed by atoms with E-state index in [2.05, 4.69) is 15.7 Å². The van der Waals surface area contributed by atoms with Gasteiger partial charge in [0.05, 0.1) is 17.9 Å². The van der Waals surface area contributed by atoms with Gasteiger partial charge in [0, 0.05) is 28.9 Å². The van der Waals surface area contributed by atoms with Crippen molar-refractivity contribution in [1.82, 2.24) is 20.4 Å². The number of benzene rings is 1. The molecule has 2 aromatic rings. The SMILES string of the molecule is Cc1nn(-c2ccc(Cl)cc2)c(C)c1CNCC(=O)NC(C)C. The second-order valence-corrected chi connectivity index (χ2v) is 6.30. The second-order valence-electron chi connectivity index (χ2n) is 5.86. The zero-order chi connectivity index (χ0) is 17.0. The highest BCUT2D eigenvalue weighted by molar-refractivity contribution is 6.30. The Bertz CT molecular complexity index is 677. The number of hydrogen-bond donors (Lipinski definition) is 2. The summed E-state index contributed by atoms with van der Waals surface area (Å²) in [6.07, 6.45) is 0. The molecule has 0 fully saturated rings. The van der Waals surface area contributed by atoms with Crippen LogP contribution in [0.1, 0.15) is 30.8 Å². The fourth-order valence-electron chi connectivity index (χ4n) is 2.44. The lowest BCUT2D eigenvalue weighted by Gasteiger charge is -2.09. The third-order valence-corrected chi connectivity index (χ3v) is 3.80. The molecule has 2 N–H and O–H groups in total. The molecule has 0 aliphatic heterocycles. The number of carbonyl (C=O) groups excluding carboxylic acids is 1. The van der Waals surface area contributed by atoms with E-state index in [4.69, 9.17) is 11.6 Å². The molecule has 0 saturated carbocycles. The minimum atomic E-state index is 0.000370. The Balaban J connectivity index is 2.06. The molecule has 124 valence electrons. The number of nitrogens with one attached hydrogen (secondary N) is 2. The number of aromatic nitrogens is 2. The van der Waals surface area contributed by atoms with E-state index in [1.54, 1.807) is 0 Å². The van der Waals surface area contributed by atoms with Crippen LogP contribution in [0.15, 0.2) is 24.3 Å². The number of carbonyl (C=O) groups is 1. The molecule has 2 rings (SSSR count). The summed E-state index contributed by atoms with van der Waals surface area (Å²) in [4.78, 5) is 11.7. The van der Waals surface area contributed by atoms with Crippen LogP contribution in [0.25, 0.3) is 5.69 Å². The summed E-state index contributed by atoms with van der Waals surface area (Å²) in [5.74, 6) is 0.000370. The van der Waals surface area contributed by atoms with Gasteiger partial charge in [0.15, 0.2) is 0 Å². The van der Waals surface area contributed by atoms with Gasteiger partial charge in [-0.3, -0.25) is 4.79 Å². The van der Waals surface area contributed by atoms with Crippen LogP contribution in [0.4, 0.5) is 0 Å². The predicted octanol–water partition coefficient (Wildman–Crippen LogP) is 2.76. The van der Waals surface area contributed by atoms with Gasteiger partial charge in [0.25, 0.3) is 0 Å². The molecule has 0 aliphatic carbocycles. The topological polar surface area (TPSA) is 59.0 Å². The van der Waals surface area contributed by atoms with Gasteiger partial charge in [0.2, 0.25) is 5.91 Å². The summed E-state index contributed by atoms with van der Waals surface area (Å²) in [5.41, 5.74) is 4.09. The average Bonchev–Trinajstić information content (AvgIpc) is 2.75. The van der Waals surface area contributed by atoms with Crippen molar-refractivity contribution in [3.8, 4) is 5.69 Å². The molecular formula is C17H23ClN4O. The van der Waals surface area contributed by atoms with E-state index >= 15 is 0 Å². The summed E-state index contributed by atoms with van der Waals surface area (Å²) >= 11 is 5.93. The van der Waals surface area contributed by atoms with E-state index in [0.717, 1.165) is 22.6 Å². The zero-order valence-electron chi connectivity index (χ0n) is 14.0. The number of nitrogens with zero attached hydrogens (tertiary/aromatic N) is 2. The molecule has 0 bridgehead atoms. The quantitative estimate of drug-likeness (QED) is 0.854. The van der Waals surface area contributed by atoms with Gasteiger partial charge in [-0.05, 0) is 52.0 Å². The van der Waals surface area contributed by atoms with E-state index in [0.29, 0.717) is 18.1 Å². The van der Waals surface area contributed by atoms with Crippen molar-refractivity contribution in [3.63, 3.8) is 0 Å².